The van der Waals surface area contributed by atoms with Gasteiger partial charge in [-0.05, 0) is 36.8 Å². The Balaban J connectivity index is 1.87. The summed E-state index contributed by atoms with van der Waals surface area (Å²) in [6, 6.07) is 2.18. The van der Waals surface area contributed by atoms with Gasteiger partial charge in [-0.15, -0.1) is 6.58 Å². The normalized spacial score (nSPS) is 31.0. The predicted octanol–water partition coefficient (Wildman–Crippen LogP) is 4.21. The number of rotatable bonds is 2. The van der Waals surface area contributed by atoms with E-state index in [1.165, 1.54) is 6.07 Å². The van der Waals surface area contributed by atoms with Crippen LogP contribution in [0.3, 0.4) is 0 Å². The Kier molecular flexibility index (Phi) is 3.56. The Morgan fingerprint density at radius 3 is 2.62 bits per heavy atom. The second kappa shape index (κ2) is 5.13. The smallest absolute Gasteiger partial charge is 0.279 e. The van der Waals surface area contributed by atoms with Crippen LogP contribution in [0.4, 0.5) is 17.6 Å². The van der Waals surface area contributed by atoms with E-state index in [4.69, 9.17) is 4.74 Å². The number of fused-ring (bicyclic) bond motifs is 1. The molecule has 0 aromatic heterocycles. The first-order valence-corrected chi connectivity index (χ1v) is 7.04. The molecule has 0 N–H and O–H groups in total. The first kappa shape index (κ1) is 14.6. The molecule has 0 saturated carbocycles. The summed E-state index contributed by atoms with van der Waals surface area (Å²) in [6.45, 7) is 3.83. The van der Waals surface area contributed by atoms with Crippen LogP contribution in [-0.4, -0.2) is 12.7 Å². The molecule has 2 aliphatic rings. The van der Waals surface area contributed by atoms with Crippen LogP contribution in [0.2, 0.25) is 0 Å². The minimum atomic E-state index is -3.35. The van der Waals surface area contributed by atoms with Gasteiger partial charge in [-0.25, -0.2) is 17.6 Å². The zero-order valence-electron chi connectivity index (χ0n) is 11.4. The number of ether oxygens (including phenoxy) is 1. The molecule has 1 saturated heterocycles. The lowest BCUT2D eigenvalue weighted by Crippen LogP contribution is -2.36. The van der Waals surface area contributed by atoms with Crippen molar-refractivity contribution in [2.24, 2.45) is 11.8 Å². The molecule has 114 valence electrons. The van der Waals surface area contributed by atoms with Crippen molar-refractivity contribution >= 4 is 0 Å². The van der Waals surface area contributed by atoms with Crippen LogP contribution in [-0.2, 0) is 17.1 Å². The van der Waals surface area contributed by atoms with Crippen molar-refractivity contribution in [2.45, 2.75) is 31.3 Å². The third-order valence-electron chi connectivity index (χ3n) is 4.60. The Morgan fingerprint density at radius 2 is 2.00 bits per heavy atom. The van der Waals surface area contributed by atoms with Crippen molar-refractivity contribution in [3.05, 3.63) is 47.5 Å². The summed E-state index contributed by atoms with van der Waals surface area (Å²) >= 11 is 0. The van der Waals surface area contributed by atoms with Crippen molar-refractivity contribution in [3.8, 4) is 0 Å². The lowest BCUT2D eigenvalue weighted by Gasteiger charge is -2.34. The summed E-state index contributed by atoms with van der Waals surface area (Å²) < 4.78 is 61.5. The number of benzene rings is 1. The van der Waals surface area contributed by atoms with Gasteiger partial charge in [0.15, 0.2) is 11.6 Å². The zero-order valence-corrected chi connectivity index (χ0v) is 11.4. The Bertz CT molecular complexity index is 562. The van der Waals surface area contributed by atoms with E-state index in [1.54, 1.807) is 6.08 Å². The van der Waals surface area contributed by atoms with Gasteiger partial charge in [0.05, 0.1) is 18.3 Å². The maximum atomic E-state index is 14.5. The number of halogens is 4. The SMILES string of the molecule is C=CC1CCC(C2Cc3ccc(F)c(F)c3C2(F)F)CO1. The molecule has 0 amide bonds. The fraction of sp³-hybridized carbons (Fsp3) is 0.500. The van der Waals surface area contributed by atoms with E-state index in [0.29, 0.717) is 12.8 Å². The molecule has 1 fully saturated rings. The lowest BCUT2D eigenvalue weighted by atomic mass is 9.82. The second-order valence-corrected chi connectivity index (χ2v) is 5.77. The summed E-state index contributed by atoms with van der Waals surface area (Å²) in [7, 11) is 0. The highest BCUT2D eigenvalue weighted by atomic mass is 19.3. The van der Waals surface area contributed by atoms with Crippen molar-refractivity contribution in [2.75, 3.05) is 6.61 Å². The van der Waals surface area contributed by atoms with E-state index < -0.39 is 29.0 Å². The maximum absolute atomic E-state index is 14.5. The summed E-state index contributed by atoms with van der Waals surface area (Å²) in [5.41, 5.74) is -0.562. The third-order valence-corrected chi connectivity index (χ3v) is 4.60. The Morgan fingerprint density at radius 1 is 1.24 bits per heavy atom. The number of hydrogen-bond donors (Lipinski definition) is 0. The quantitative estimate of drug-likeness (QED) is 0.587. The minimum Gasteiger partial charge on any atom is -0.374 e. The molecule has 5 heteroatoms. The van der Waals surface area contributed by atoms with Crippen LogP contribution in [0.1, 0.15) is 24.0 Å². The zero-order chi connectivity index (χ0) is 15.2. The molecule has 1 aliphatic heterocycles. The van der Waals surface area contributed by atoms with Gasteiger partial charge in [-0.1, -0.05) is 12.1 Å². The number of hydrogen-bond acceptors (Lipinski definition) is 1. The molecule has 21 heavy (non-hydrogen) atoms. The Labute approximate surface area is 120 Å². The molecule has 1 aromatic rings. The van der Waals surface area contributed by atoms with Gasteiger partial charge >= 0.3 is 0 Å². The molecular formula is C16H16F4O. The monoisotopic (exact) mass is 300 g/mol. The van der Waals surface area contributed by atoms with Gasteiger partial charge in [0.2, 0.25) is 0 Å². The van der Waals surface area contributed by atoms with Crippen LogP contribution < -0.4 is 0 Å². The summed E-state index contributed by atoms with van der Waals surface area (Å²) in [5, 5.41) is 0. The molecule has 1 heterocycles. The fourth-order valence-corrected chi connectivity index (χ4v) is 3.43. The van der Waals surface area contributed by atoms with E-state index in [1.807, 2.05) is 0 Å². The predicted molar refractivity (Wildman–Crippen MR) is 70.1 cm³/mol. The van der Waals surface area contributed by atoms with Crippen molar-refractivity contribution < 1.29 is 22.3 Å². The van der Waals surface area contributed by atoms with Crippen molar-refractivity contribution in [3.63, 3.8) is 0 Å². The fourth-order valence-electron chi connectivity index (χ4n) is 3.43. The molecule has 1 aromatic carbocycles. The van der Waals surface area contributed by atoms with E-state index in [2.05, 4.69) is 6.58 Å². The highest BCUT2D eigenvalue weighted by Crippen LogP contribution is 2.52. The second-order valence-electron chi connectivity index (χ2n) is 5.77. The summed E-state index contributed by atoms with van der Waals surface area (Å²) in [5.74, 6) is -7.38. The van der Waals surface area contributed by atoms with Gasteiger partial charge in [0.1, 0.15) is 0 Å². The van der Waals surface area contributed by atoms with Crippen LogP contribution in [0.15, 0.2) is 24.8 Å². The van der Waals surface area contributed by atoms with Crippen LogP contribution in [0.5, 0.6) is 0 Å². The van der Waals surface area contributed by atoms with E-state index >= 15 is 0 Å². The summed E-state index contributed by atoms with van der Waals surface area (Å²) in [4.78, 5) is 0. The van der Waals surface area contributed by atoms with Gasteiger partial charge in [-0.3, -0.25) is 0 Å². The van der Waals surface area contributed by atoms with Gasteiger partial charge in [-0.2, -0.15) is 0 Å². The van der Waals surface area contributed by atoms with Crippen LogP contribution >= 0.6 is 0 Å². The average Bonchev–Trinajstić information content (AvgIpc) is 2.75. The van der Waals surface area contributed by atoms with Gasteiger partial charge in [0.25, 0.3) is 5.92 Å². The topological polar surface area (TPSA) is 9.23 Å². The number of alkyl halides is 2. The molecular weight excluding hydrogens is 284 g/mol. The highest BCUT2D eigenvalue weighted by molar-refractivity contribution is 5.39. The largest absolute Gasteiger partial charge is 0.374 e. The summed E-state index contributed by atoms with van der Waals surface area (Å²) in [6.07, 6.45) is 2.83. The van der Waals surface area contributed by atoms with Crippen molar-refractivity contribution in [1.29, 1.82) is 0 Å². The van der Waals surface area contributed by atoms with Gasteiger partial charge in [0, 0.05) is 5.92 Å². The van der Waals surface area contributed by atoms with Gasteiger partial charge < -0.3 is 4.74 Å². The van der Waals surface area contributed by atoms with E-state index in [9.17, 15) is 17.6 Å². The first-order chi connectivity index (χ1) is 9.95. The molecule has 0 spiro atoms. The highest BCUT2D eigenvalue weighted by Gasteiger charge is 2.54. The van der Waals surface area contributed by atoms with E-state index in [0.717, 1.165) is 6.07 Å². The average molecular weight is 300 g/mol. The molecule has 3 atom stereocenters. The lowest BCUT2D eigenvalue weighted by molar-refractivity contribution is -0.109. The molecule has 0 bridgehead atoms. The molecule has 3 unspecified atom stereocenters. The minimum absolute atomic E-state index is 0.0618. The standard InChI is InChI=1S/C16H16F4O/c1-2-11-5-3-10(8-21-11)12-7-9-4-6-13(17)15(18)14(9)16(12,19)20/h2,4,6,10-12H,1,3,5,7-8H2. The maximum Gasteiger partial charge on any atom is 0.279 e. The Hall–Kier alpha value is -1.36. The third kappa shape index (κ3) is 2.27. The molecule has 3 rings (SSSR count). The van der Waals surface area contributed by atoms with Crippen LogP contribution in [0.25, 0.3) is 0 Å². The van der Waals surface area contributed by atoms with Crippen LogP contribution in [0, 0.1) is 23.5 Å². The van der Waals surface area contributed by atoms with E-state index in [-0.39, 0.29) is 30.6 Å². The first-order valence-electron chi connectivity index (χ1n) is 7.04. The molecule has 0 radical (unpaired) electrons. The molecule has 1 aliphatic carbocycles. The molecule has 1 nitrogen and oxygen atoms in total. The van der Waals surface area contributed by atoms with Crippen molar-refractivity contribution in [1.82, 2.24) is 0 Å².